The van der Waals surface area contributed by atoms with E-state index >= 15 is 0 Å². The van der Waals surface area contributed by atoms with Gasteiger partial charge in [0.15, 0.2) is 6.54 Å². The quantitative estimate of drug-likeness (QED) is 0.732. The zero-order chi connectivity index (χ0) is 18.4. The van der Waals surface area contributed by atoms with E-state index in [2.05, 4.69) is 47.6 Å². The van der Waals surface area contributed by atoms with E-state index in [9.17, 15) is 9.59 Å². The molecule has 1 heterocycles. The third-order valence-electron chi connectivity index (χ3n) is 5.04. The molecular formula is C19H31N4O2+. The third kappa shape index (κ3) is 5.46. The van der Waals surface area contributed by atoms with Gasteiger partial charge in [0.2, 0.25) is 0 Å². The van der Waals surface area contributed by atoms with E-state index in [0.29, 0.717) is 6.54 Å². The molecule has 0 spiro atoms. The van der Waals surface area contributed by atoms with Gasteiger partial charge in [0.25, 0.3) is 5.91 Å². The van der Waals surface area contributed by atoms with Crippen molar-refractivity contribution >= 4 is 17.6 Å². The van der Waals surface area contributed by atoms with E-state index in [1.54, 1.807) is 0 Å². The summed E-state index contributed by atoms with van der Waals surface area (Å²) in [5.41, 5.74) is 3.92. The van der Waals surface area contributed by atoms with Crippen LogP contribution in [-0.4, -0.2) is 50.7 Å². The molecule has 1 atom stereocenters. The number of aryl methyl sites for hydroxylation is 1. The van der Waals surface area contributed by atoms with Crippen LogP contribution in [0.5, 0.6) is 0 Å². The highest BCUT2D eigenvalue weighted by atomic mass is 16.2. The molecule has 2 rings (SSSR count). The van der Waals surface area contributed by atoms with Crippen molar-refractivity contribution in [3.63, 3.8) is 0 Å². The second-order valence-corrected chi connectivity index (χ2v) is 6.96. The molecule has 0 bridgehead atoms. The Balaban J connectivity index is 1.79. The second kappa shape index (κ2) is 8.85. The first-order valence-corrected chi connectivity index (χ1v) is 9.15. The molecule has 1 fully saturated rings. The number of benzene rings is 1. The number of amides is 3. The first-order chi connectivity index (χ1) is 11.9. The van der Waals surface area contributed by atoms with Crippen LogP contribution in [0.1, 0.15) is 31.4 Å². The molecule has 0 aliphatic carbocycles. The van der Waals surface area contributed by atoms with Crippen molar-refractivity contribution in [2.75, 3.05) is 37.6 Å². The molecule has 3 N–H and O–H groups in total. The molecular weight excluding hydrogens is 316 g/mol. The number of urea groups is 1. The first kappa shape index (κ1) is 19.2. The fraction of sp³-hybridized carbons (Fsp3) is 0.579. The molecule has 1 aliphatic heterocycles. The lowest BCUT2D eigenvalue weighted by molar-refractivity contribution is -0.892. The molecule has 138 valence electrons. The molecule has 1 aromatic carbocycles. The van der Waals surface area contributed by atoms with E-state index in [4.69, 9.17) is 0 Å². The van der Waals surface area contributed by atoms with Crippen LogP contribution in [0, 0.1) is 13.8 Å². The minimum atomic E-state index is -0.396. The molecule has 25 heavy (non-hydrogen) atoms. The molecule has 6 heteroatoms. The summed E-state index contributed by atoms with van der Waals surface area (Å²) >= 11 is 0. The Morgan fingerprint density at radius 3 is 2.56 bits per heavy atom. The molecule has 6 nitrogen and oxygen atoms in total. The summed E-state index contributed by atoms with van der Waals surface area (Å²) in [4.78, 5) is 27.4. The van der Waals surface area contributed by atoms with Gasteiger partial charge in [-0.15, -0.1) is 0 Å². The van der Waals surface area contributed by atoms with Crippen LogP contribution >= 0.6 is 0 Å². The van der Waals surface area contributed by atoms with Gasteiger partial charge in [0, 0.05) is 11.7 Å². The van der Waals surface area contributed by atoms with Crippen LogP contribution in [0.2, 0.25) is 0 Å². The van der Waals surface area contributed by atoms with Crippen LogP contribution in [0.25, 0.3) is 0 Å². The van der Waals surface area contributed by atoms with Gasteiger partial charge in [-0.3, -0.25) is 10.1 Å². The van der Waals surface area contributed by atoms with Gasteiger partial charge in [-0.25, -0.2) is 4.79 Å². The van der Waals surface area contributed by atoms with Gasteiger partial charge in [-0.1, -0.05) is 19.1 Å². The van der Waals surface area contributed by atoms with Crippen LogP contribution < -0.4 is 20.4 Å². The standard InChI is InChI=1S/C19H30N4O2/c1-5-15(3)20-19(25)21-18(24)13-22-9-11-23(12-10-22)17-8-6-7-14(2)16(17)4/h6-8,15H,5,9-13H2,1-4H3,(H2,20,21,24,25)/p+1/t15-/m1/s1. The van der Waals surface area contributed by atoms with Gasteiger partial charge in [0.1, 0.15) is 0 Å². The molecule has 0 aromatic heterocycles. The number of hydrogen-bond acceptors (Lipinski definition) is 3. The molecule has 1 saturated heterocycles. The second-order valence-electron chi connectivity index (χ2n) is 6.96. The fourth-order valence-corrected chi connectivity index (χ4v) is 3.08. The van der Waals surface area contributed by atoms with E-state index in [0.717, 1.165) is 32.6 Å². The molecule has 1 aliphatic rings. The Morgan fingerprint density at radius 2 is 1.92 bits per heavy atom. The van der Waals surface area contributed by atoms with Gasteiger partial charge in [-0.05, 0) is 44.4 Å². The Morgan fingerprint density at radius 1 is 1.24 bits per heavy atom. The number of rotatable bonds is 5. The lowest BCUT2D eigenvalue weighted by Crippen LogP contribution is -3.16. The van der Waals surface area contributed by atoms with Gasteiger partial charge in [0.05, 0.1) is 26.2 Å². The number of carbonyl (C=O) groups is 2. The van der Waals surface area contributed by atoms with Crippen LogP contribution in [0.15, 0.2) is 18.2 Å². The predicted molar refractivity (Wildman–Crippen MR) is 100 cm³/mol. The molecule has 0 saturated carbocycles. The highest BCUT2D eigenvalue weighted by molar-refractivity contribution is 5.94. The Labute approximate surface area is 150 Å². The van der Waals surface area contributed by atoms with Crippen molar-refractivity contribution in [1.82, 2.24) is 10.6 Å². The average molecular weight is 347 g/mol. The molecule has 0 unspecified atom stereocenters. The summed E-state index contributed by atoms with van der Waals surface area (Å²) in [5.74, 6) is -0.212. The molecule has 0 radical (unpaired) electrons. The largest absolute Gasteiger partial charge is 0.360 e. The number of piperazine rings is 1. The maximum absolute atomic E-state index is 12.0. The van der Waals surface area contributed by atoms with Crippen LogP contribution in [0.4, 0.5) is 10.5 Å². The van der Waals surface area contributed by atoms with Crippen LogP contribution in [0.3, 0.4) is 0 Å². The van der Waals surface area contributed by atoms with Crippen LogP contribution in [-0.2, 0) is 4.79 Å². The summed E-state index contributed by atoms with van der Waals surface area (Å²) < 4.78 is 0. The minimum Gasteiger partial charge on any atom is -0.360 e. The zero-order valence-electron chi connectivity index (χ0n) is 15.8. The number of hydrogen-bond donors (Lipinski definition) is 3. The number of quaternary nitrogens is 1. The number of imide groups is 1. The number of anilines is 1. The topological polar surface area (TPSA) is 65.9 Å². The SMILES string of the molecule is CC[C@@H](C)NC(=O)NC(=O)C[NH+]1CCN(c2cccc(C)c2C)CC1. The van der Waals surface area contributed by atoms with Gasteiger partial charge in [-0.2, -0.15) is 0 Å². The van der Waals surface area contributed by atoms with Crippen molar-refractivity contribution in [2.45, 2.75) is 40.2 Å². The van der Waals surface area contributed by atoms with Crippen molar-refractivity contribution in [2.24, 2.45) is 0 Å². The highest BCUT2D eigenvalue weighted by Crippen LogP contribution is 2.22. The number of nitrogens with zero attached hydrogens (tertiary/aromatic N) is 1. The lowest BCUT2D eigenvalue weighted by Gasteiger charge is -2.34. The van der Waals surface area contributed by atoms with E-state index in [1.165, 1.54) is 21.7 Å². The highest BCUT2D eigenvalue weighted by Gasteiger charge is 2.24. The lowest BCUT2D eigenvalue weighted by atomic mass is 10.1. The normalized spacial score (nSPS) is 16.4. The van der Waals surface area contributed by atoms with Gasteiger partial charge >= 0.3 is 6.03 Å². The summed E-state index contributed by atoms with van der Waals surface area (Å²) in [6.07, 6.45) is 0.840. The predicted octanol–water partition coefficient (Wildman–Crippen LogP) is 0.633. The Hall–Kier alpha value is -2.08. The summed E-state index contributed by atoms with van der Waals surface area (Å²) in [5, 5.41) is 5.18. The maximum Gasteiger partial charge on any atom is 0.321 e. The number of carbonyl (C=O) groups excluding carboxylic acids is 2. The molecule has 1 aromatic rings. The first-order valence-electron chi connectivity index (χ1n) is 9.15. The van der Waals surface area contributed by atoms with Crippen molar-refractivity contribution < 1.29 is 14.5 Å². The molecule has 3 amide bonds. The summed E-state index contributed by atoms with van der Waals surface area (Å²) in [6, 6.07) is 6.07. The maximum atomic E-state index is 12.0. The smallest absolute Gasteiger partial charge is 0.321 e. The third-order valence-corrected chi connectivity index (χ3v) is 5.04. The zero-order valence-corrected chi connectivity index (χ0v) is 15.8. The van der Waals surface area contributed by atoms with E-state index < -0.39 is 6.03 Å². The average Bonchev–Trinajstić information content (AvgIpc) is 2.57. The van der Waals surface area contributed by atoms with Gasteiger partial charge < -0.3 is 15.1 Å². The Kier molecular flexibility index (Phi) is 6.82. The summed E-state index contributed by atoms with van der Waals surface area (Å²) in [6.45, 7) is 12.2. The fourth-order valence-electron chi connectivity index (χ4n) is 3.08. The van der Waals surface area contributed by atoms with Crippen molar-refractivity contribution in [3.8, 4) is 0 Å². The number of nitrogens with one attached hydrogen (secondary N) is 3. The Bertz CT molecular complexity index is 609. The minimum absolute atomic E-state index is 0.0706. The summed E-state index contributed by atoms with van der Waals surface area (Å²) in [7, 11) is 0. The van der Waals surface area contributed by atoms with Crippen molar-refractivity contribution in [3.05, 3.63) is 29.3 Å². The monoisotopic (exact) mass is 347 g/mol. The van der Waals surface area contributed by atoms with Crippen molar-refractivity contribution in [1.29, 1.82) is 0 Å². The van der Waals surface area contributed by atoms with E-state index in [-0.39, 0.29) is 11.9 Å². The van der Waals surface area contributed by atoms with E-state index in [1.807, 2.05) is 13.8 Å².